The first-order chi connectivity index (χ1) is 16.3. The highest BCUT2D eigenvalue weighted by atomic mass is 32.1. The summed E-state index contributed by atoms with van der Waals surface area (Å²) in [7, 11) is 0. The number of nitrogens with zero attached hydrogens (tertiary/aromatic N) is 2. The van der Waals surface area contributed by atoms with Gasteiger partial charge in [0.25, 0.3) is 0 Å². The third-order valence-electron chi connectivity index (χ3n) is 6.70. The van der Waals surface area contributed by atoms with Crippen LogP contribution in [0.25, 0.3) is 70.4 Å². The van der Waals surface area contributed by atoms with Crippen molar-refractivity contribution in [3.63, 3.8) is 0 Å². The van der Waals surface area contributed by atoms with Crippen molar-refractivity contribution in [1.29, 1.82) is 0 Å². The predicted molar refractivity (Wildman–Crippen MR) is 139 cm³/mol. The van der Waals surface area contributed by atoms with Gasteiger partial charge in [0.15, 0.2) is 0 Å². The molecule has 8 rings (SSSR count). The summed E-state index contributed by atoms with van der Waals surface area (Å²) in [4.78, 5) is 4.47. The maximum Gasteiger partial charge on any atom is 0.136 e. The topological polar surface area (TPSA) is 31.0 Å². The normalized spacial score (nSPS) is 12.2. The predicted octanol–water partition coefficient (Wildman–Crippen LogP) is 8.45. The SMILES string of the molecule is c1ccc2cc3c(cc2c1)c1cc2oc4ccccc4c2cc1n3-c1ccc2ncsc2c1. The minimum absolute atomic E-state index is 0.924. The van der Waals surface area contributed by atoms with Gasteiger partial charge in [0.2, 0.25) is 0 Å². The summed E-state index contributed by atoms with van der Waals surface area (Å²) in [6.07, 6.45) is 0. The van der Waals surface area contributed by atoms with E-state index in [1.165, 1.54) is 37.3 Å². The van der Waals surface area contributed by atoms with E-state index in [4.69, 9.17) is 4.42 Å². The molecule has 0 saturated carbocycles. The van der Waals surface area contributed by atoms with Crippen molar-refractivity contribution in [2.75, 3.05) is 0 Å². The van der Waals surface area contributed by atoms with E-state index >= 15 is 0 Å². The summed E-state index contributed by atoms with van der Waals surface area (Å²) in [5.74, 6) is 0. The number of thiazole rings is 1. The molecule has 3 nitrogen and oxygen atoms in total. The minimum Gasteiger partial charge on any atom is -0.456 e. The van der Waals surface area contributed by atoms with E-state index in [0.29, 0.717) is 0 Å². The lowest BCUT2D eigenvalue weighted by Gasteiger charge is -2.09. The van der Waals surface area contributed by atoms with Crippen molar-refractivity contribution in [2.24, 2.45) is 0 Å². The number of furan rings is 1. The molecule has 8 aromatic rings. The summed E-state index contributed by atoms with van der Waals surface area (Å²) in [5.41, 5.74) is 8.33. The van der Waals surface area contributed by atoms with E-state index in [9.17, 15) is 0 Å². The van der Waals surface area contributed by atoms with Crippen LogP contribution in [-0.4, -0.2) is 9.55 Å². The maximum absolute atomic E-state index is 6.24. The summed E-state index contributed by atoms with van der Waals surface area (Å²) < 4.78 is 9.82. The standard InChI is InChI=1S/C29H16N2OS/c1-2-6-18-12-25-21(11-17(18)5-1)22-15-28-23(20-7-3-4-8-27(20)32-28)14-26(22)31(25)19-9-10-24-29(13-19)33-16-30-24/h1-16H. The van der Waals surface area contributed by atoms with Crippen LogP contribution in [0.2, 0.25) is 0 Å². The van der Waals surface area contributed by atoms with Crippen LogP contribution in [0.1, 0.15) is 0 Å². The van der Waals surface area contributed by atoms with Gasteiger partial charge in [-0.3, -0.25) is 0 Å². The first-order valence-electron chi connectivity index (χ1n) is 11.0. The molecular weight excluding hydrogens is 424 g/mol. The number of rotatable bonds is 1. The van der Waals surface area contributed by atoms with Crippen LogP contribution < -0.4 is 0 Å². The number of para-hydroxylation sites is 1. The molecule has 0 bridgehead atoms. The van der Waals surface area contributed by atoms with E-state index in [1.54, 1.807) is 11.3 Å². The molecule has 0 aliphatic carbocycles. The van der Waals surface area contributed by atoms with Gasteiger partial charge in [0.05, 0.1) is 26.8 Å². The van der Waals surface area contributed by atoms with Gasteiger partial charge >= 0.3 is 0 Å². The Kier molecular flexibility index (Phi) is 3.28. The van der Waals surface area contributed by atoms with Crippen LogP contribution >= 0.6 is 11.3 Å². The first kappa shape index (κ1) is 17.4. The fourth-order valence-electron chi connectivity index (χ4n) is 5.18. The highest BCUT2D eigenvalue weighted by molar-refractivity contribution is 7.16. The summed E-state index contributed by atoms with van der Waals surface area (Å²) in [5, 5.41) is 7.20. The molecule has 0 N–H and O–H groups in total. The molecule has 5 aromatic carbocycles. The van der Waals surface area contributed by atoms with Crippen LogP contribution in [-0.2, 0) is 0 Å². The molecular formula is C29H16N2OS. The zero-order valence-electron chi connectivity index (χ0n) is 17.4. The quantitative estimate of drug-likeness (QED) is 0.256. The summed E-state index contributed by atoms with van der Waals surface area (Å²) in [6.45, 7) is 0. The molecule has 0 radical (unpaired) electrons. The smallest absolute Gasteiger partial charge is 0.136 e. The first-order valence-corrected chi connectivity index (χ1v) is 11.8. The Balaban J connectivity index is 1.59. The van der Waals surface area contributed by atoms with Crippen LogP contribution in [0, 0.1) is 0 Å². The Morgan fingerprint density at radius 3 is 2.36 bits per heavy atom. The fraction of sp³-hybridized carbons (Fsp3) is 0. The maximum atomic E-state index is 6.24. The fourth-order valence-corrected chi connectivity index (χ4v) is 5.89. The van der Waals surface area contributed by atoms with Crippen molar-refractivity contribution in [3.8, 4) is 5.69 Å². The van der Waals surface area contributed by atoms with E-state index in [2.05, 4.69) is 88.4 Å². The molecule has 0 spiro atoms. The van der Waals surface area contributed by atoms with Crippen molar-refractivity contribution in [2.45, 2.75) is 0 Å². The van der Waals surface area contributed by atoms with Crippen LogP contribution in [0.15, 0.2) is 101 Å². The lowest BCUT2D eigenvalue weighted by atomic mass is 10.1. The second-order valence-electron chi connectivity index (χ2n) is 8.52. The minimum atomic E-state index is 0.924. The lowest BCUT2D eigenvalue weighted by Crippen LogP contribution is -1.93. The molecule has 0 fully saturated rings. The third kappa shape index (κ3) is 2.36. The number of aromatic nitrogens is 2. The number of hydrogen-bond acceptors (Lipinski definition) is 3. The average Bonchev–Trinajstić information content (AvgIpc) is 3.54. The van der Waals surface area contributed by atoms with E-state index in [0.717, 1.165) is 33.1 Å². The van der Waals surface area contributed by atoms with Crippen molar-refractivity contribution < 1.29 is 4.42 Å². The van der Waals surface area contributed by atoms with Gasteiger partial charge in [-0.05, 0) is 59.3 Å². The zero-order valence-corrected chi connectivity index (χ0v) is 18.3. The average molecular weight is 441 g/mol. The van der Waals surface area contributed by atoms with E-state index in [1.807, 2.05) is 17.6 Å². The van der Waals surface area contributed by atoms with Gasteiger partial charge in [0, 0.05) is 27.2 Å². The zero-order chi connectivity index (χ0) is 21.5. The second kappa shape index (κ2) is 6.21. The molecule has 33 heavy (non-hydrogen) atoms. The van der Waals surface area contributed by atoms with E-state index < -0.39 is 0 Å². The molecule has 0 saturated heterocycles. The Morgan fingerprint density at radius 1 is 0.636 bits per heavy atom. The van der Waals surface area contributed by atoms with Crippen LogP contribution in [0.3, 0.4) is 0 Å². The van der Waals surface area contributed by atoms with Crippen molar-refractivity contribution in [1.82, 2.24) is 9.55 Å². The largest absolute Gasteiger partial charge is 0.456 e. The Bertz CT molecular complexity index is 2040. The van der Waals surface area contributed by atoms with E-state index in [-0.39, 0.29) is 0 Å². The summed E-state index contributed by atoms with van der Waals surface area (Å²) >= 11 is 1.68. The molecule has 0 aliphatic rings. The Morgan fingerprint density at radius 2 is 1.42 bits per heavy atom. The summed E-state index contributed by atoms with van der Waals surface area (Å²) in [6, 6.07) is 32.5. The van der Waals surface area contributed by atoms with Gasteiger partial charge in [-0.2, -0.15) is 0 Å². The number of benzene rings is 5. The highest BCUT2D eigenvalue weighted by Gasteiger charge is 2.17. The molecule has 0 unspecified atom stereocenters. The van der Waals surface area contributed by atoms with Crippen molar-refractivity contribution in [3.05, 3.63) is 96.5 Å². The molecule has 3 aromatic heterocycles. The van der Waals surface area contributed by atoms with Gasteiger partial charge in [-0.15, -0.1) is 11.3 Å². The van der Waals surface area contributed by atoms with Gasteiger partial charge in [-0.25, -0.2) is 4.98 Å². The van der Waals surface area contributed by atoms with Gasteiger partial charge < -0.3 is 8.98 Å². The molecule has 154 valence electrons. The molecule has 3 heterocycles. The second-order valence-corrected chi connectivity index (χ2v) is 9.41. The van der Waals surface area contributed by atoms with Crippen molar-refractivity contribution >= 4 is 76.1 Å². The number of hydrogen-bond donors (Lipinski definition) is 0. The third-order valence-corrected chi connectivity index (χ3v) is 7.50. The number of fused-ring (bicyclic) bond motifs is 8. The molecule has 4 heteroatoms. The van der Waals surface area contributed by atoms with Crippen LogP contribution in [0.4, 0.5) is 0 Å². The Hall–Kier alpha value is -4.15. The molecule has 0 aliphatic heterocycles. The van der Waals surface area contributed by atoms with Gasteiger partial charge in [0.1, 0.15) is 11.2 Å². The lowest BCUT2D eigenvalue weighted by molar-refractivity contribution is 0.669. The monoisotopic (exact) mass is 440 g/mol. The Labute approximate surface area is 192 Å². The molecule has 0 atom stereocenters. The van der Waals surface area contributed by atoms with Crippen LogP contribution in [0.5, 0.6) is 0 Å². The highest BCUT2D eigenvalue weighted by Crippen LogP contribution is 2.40. The molecule has 0 amide bonds. The van der Waals surface area contributed by atoms with Gasteiger partial charge in [-0.1, -0.05) is 42.5 Å².